The molecule has 8 nitrogen and oxygen atoms in total. The van der Waals surface area contributed by atoms with E-state index in [0.29, 0.717) is 32.5 Å². The Bertz CT molecular complexity index is 1490. The Morgan fingerprint density at radius 3 is 2.25 bits per heavy atom. The summed E-state index contributed by atoms with van der Waals surface area (Å²) in [6.45, 7) is 11.3. The number of hydrogen-bond acceptors (Lipinski definition) is 6. The molecule has 0 saturated heterocycles. The standard InChI is InChI=1S/C33H44F2N4O4S/c1-6-11-39(12-7-2)44(42,43)29-17-25(20-37-21-29)32(41)38-30(16-24-14-27(34)18-28(35)15-24)31(40)22-36-19-23-9-8-10-26(13-23)33(3,4)5/h8-10,13-15,17-18,20-21,30-31,36,40H,6-7,11-12,16,19,22H2,1-5H3,(H,38,41)/t30-,31+/m0/s1. The highest BCUT2D eigenvalue weighted by atomic mass is 32.2. The number of benzene rings is 2. The third-order valence-electron chi connectivity index (χ3n) is 7.19. The van der Waals surface area contributed by atoms with Gasteiger partial charge in [0, 0.05) is 44.6 Å². The second-order valence-electron chi connectivity index (χ2n) is 12.0. The first-order valence-corrected chi connectivity index (χ1v) is 16.4. The smallest absolute Gasteiger partial charge is 0.253 e. The molecule has 3 N–H and O–H groups in total. The molecule has 0 unspecified atom stereocenters. The second kappa shape index (κ2) is 15.7. The van der Waals surface area contributed by atoms with Gasteiger partial charge in [-0.2, -0.15) is 4.31 Å². The summed E-state index contributed by atoms with van der Waals surface area (Å²) in [4.78, 5) is 17.3. The molecule has 2 atom stereocenters. The average molecular weight is 631 g/mol. The largest absolute Gasteiger partial charge is 0.390 e. The predicted molar refractivity (Wildman–Crippen MR) is 168 cm³/mol. The van der Waals surface area contributed by atoms with Gasteiger partial charge in [0.2, 0.25) is 10.0 Å². The van der Waals surface area contributed by atoms with Crippen molar-refractivity contribution in [1.29, 1.82) is 0 Å². The Balaban J connectivity index is 1.81. The van der Waals surface area contributed by atoms with E-state index >= 15 is 0 Å². The van der Waals surface area contributed by atoms with Crippen LogP contribution in [-0.2, 0) is 28.4 Å². The number of hydrogen-bond donors (Lipinski definition) is 3. The number of pyridine rings is 1. The number of aromatic nitrogens is 1. The van der Waals surface area contributed by atoms with Gasteiger partial charge in [-0.1, -0.05) is 58.9 Å². The van der Waals surface area contributed by atoms with E-state index in [1.54, 1.807) is 0 Å². The molecule has 1 aromatic heterocycles. The average Bonchev–Trinajstić information content (AvgIpc) is 2.96. The normalized spacial score (nSPS) is 13.6. The molecule has 11 heteroatoms. The van der Waals surface area contributed by atoms with Crippen LogP contribution in [0.2, 0.25) is 0 Å². The van der Waals surface area contributed by atoms with E-state index in [4.69, 9.17) is 0 Å². The van der Waals surface area contributed by atoms with Gasteiger partial charge in [-0.3, -0.25) is 9.78 Å². The van der Waals surface area contributed by atoms with Crippen LogP contribution in [-0.4, -0.2) is 60.5 Å². The van der Waals surface area contributed by atoms with Crippen molar-refractivity contribution >= 4 is 15.9 Å². The maximum absolute atomic E-state index is 14.0. The maximum Gasteiger partial charge on any atom is 0.253 e. The zero-order valence-corrected chi connectivity index (χ0v) is 26.9. The lowest BCUT2D eigenvalue weighted by Gasteiger charge is -2.25. The fraction of sp³-hybridized carbons (Fsp3) is 0.455. The minimum Gasteiger partial charge on any atom is -0.390 e. The summed E-state index contributed by atoms with van der Waals surface area (Å²) in [7, 11) is -3.89. The van der Waals surface area contributed by atoms with Crippen LogP contribution < -0.4 is 10.6 Å². The number of aliphatic hydroxyl groups excluding tert-OH is 1. The van der Waals surface area contributed by atoms with Crippen molar-refractivity contribution in [3.05, 3.63) is 94.8 Å². The number of sulfonamides is 1. The Morgan fingerprint density at radius 1 is 0.977 bits per heavy atom. The molecule has 3 rings (SSSR count). The molecule has 2 aromatic carbocycles. The Labute approximate surface area is 260 Å². The van der Waals surface area contributed by atoms with Gasteiger partial charge in [0.05, 0.1) is 17.7 Å². The second-order valence-corrected chi connectivity index (χ2v) is 14.0. The molecule has 0 fully saturated rings. The lowest BCUT2D eigenvalue weighted by Crippen LogP contribution is -2.48. The number of halogens is 2. The quantitative estimate of drug-likeness (QED) is 0.219. The summed E-state index contributed by atoms with van der Waals surface area (Å²) in [5, 5.41) is 17.1. The van der Waals surface area contributed by atoms with Crippen molar-refractivity contribution in [2.75, 3.05) is 19.6 Å². The van der Waals surface area contributed by atoms with Crippen LogP contribution in [0.15, 0.2) is 65.8 Å². The fourth-order valence-electron chi connectivity index (χ4n) is 4.86. The number of aliphatic hydroxyl groups is 1. The van der Waals surface area contributed by atoms with Crippen LogP contribution in [0.25, 0.3) is 0 Å². The van der Waals surface area contributed by atoms with Crippen molar-refractivity contribution in [1.82, 2.24) is 19.9 Å². The molecule has 1 amide bonds. The number of amides is 1. The molecule has 0 radical (unpaired) electrons. The topological polar surface area (TPSA) is 112 Å². The molecule has 44 heavy (non-hydrogen) atoms. The highest BCUT2D eigenvalue weighted by Gasteiger charge is 2.27. The maximum atomic E-state index is 14.0. The summed E-state index contributed by atoms with van der Waals surface area (Å²) < 4.78 is 55.8. The highest BCUT2D eigenvalue weighted by molar-refractivity contribution is 7.89. The molecular formula is C33H44F2N4O4S. The molecule has 0 aliphatic carbocycles. The molecule has 0 spiro atoms. The summed E-state index contributed by atoms with van der Waals surface area (Å²) in [6, 6.07) is 11.4. The van der Waals surface area contributed by atoms with Crippen LogP contribution in [0, 0.1) is 11.6 Å². The van der Waals surface area contributed by atoms with Crippen LogP contribution in [0.5, 0.6) is 0 Å². The Hall–Kier alpha value is -3.25. The van der Waals surface area contributed by atoms with Gasteiger partial charge in [0.1, 0.15) is 16.5 Å². The van der Waals surface area contributed by atoms with Crippen LogP contribution in [0.1, 0.15) is 74.5 Å². The summed E-state index contributed by atoms with van der Waals surface area (Å²) in [5.74, 6) is -2.23. The van der Waals surface area contributed by atoms with E-state index < -0.39 is 39.7 Å². The van der Waals surface area contributed by atoms with Gasteiger partial charge in [0.15, 0.2) is 0 Å². The van der Waals surface area contributed by atoms with E-state index in [9.17, 15) is 27.1 Å². The first-order valence-electron chi connectivity index (χ1n) is 14.9. The zero-order valence-electron chi connectivity index (χ0n) is 26.1. The van der Waals surface area contributed by atoms with Gasteiger partial charge in [0.25, 0.3) is 5.91 Å². The van der Waals surface area contributed by atoms with E-state index in [-0.39, 0.29) is 34.4 Å². The summed E-state index contributed by atoms with van der Waals surface area (Å²) in [6.07, 6.45) is 2.47. The first kappa shape index (κ1) is 35.2. The predicted octanol–water partition coefficient (Wildman–Crippen LogP) is 4.96. The van der Waals surface area contributed by atoms with E-state index in [1.807, 2.05) is 26.0 Å². The Morgan fingerprint density at radius 2 is 1.64 bits per heavy atom. The molecule has 0 saturated carbocycles. The molecule has 0 aliphatic rings. The molecule has 240 valence electrons. The summed E-state index contributed by atoms with van der Waals surface area (Å²) in [5.41, 5.74) is 2.38. The van der Waals surface area contributed by atoms with Crippen molar-refractivity contribution in [2.24, 2.45) is 0 Å². The van der Waals surface area contributed by atoms with Crippen LogP contribution >= 0.6 is 0 Å². The molecular weight excluding hydrogens is 586 g/mol. The van der Waals surface area contributed by atoms with E-state index in [1.165, 1.54) is 28.3 Å². The number of nitrogens with zero attached hydrogens (tertiary/aromatic N) is 2. The van der Waals surface area contributed by atoms with Crippen molar-refractivity contribution in [3.8, 4) is 0 Å². The Kier molecular flexibility index (Phi) is 12.5. The molecule has 1 heterocycles. The van der Waals surface area contributed by atoms with Crippen molar-refractivity contribution < 1.29 is 27.1 Å². The van der Waals surface area contributed by atoms with Gasteiger partial charge in [-0.25, -0.2) is 17.2 Å². The third-order valence-corrected chi connectivity index (χ3v) is 9.06. The molecule has 0 aliphatic heterocycles. The lowest BCUT2D eigenvalue weighted by atomic mass is 9.86. The van der Waals surface area contributed by atoms with Crippen LogP contribution in [0.4, 0.5) is 8.78 Å². The molecule has 3 aromatic rings. The minimum absolute atomic E-state index is 0.0198. The zero-order chi connectivity index (χ0) is 32.5. The number of nitrogens with one attached hydrogen (secondary N) is 2. The van der Waals surface area contributed by atoms with Gasteiger partial charge in [-0.15, -0.1) is 0 Å². The van der Waals surface area contributed by atoms with E-state index in [0.717, 1.165) is 23.8 Å². The van der Waals surface area contributed by atoms with Gasteiger partial charge >= 0.3 is 0 Å². The fourth-order valence-corrected chi connectivity index (χ4v) is 6.47. The van der Waals surface area contributed by atoms with Gasteiger partial charge in [-0.05, 0) is 59.6 Å². The number of rotatable bonds is 15. The minimum atomic E-state index is -3.89. The number of carbonyl (C=O) groups excluding carboxylic acids is 1. The highest BCUT2D eigenvalue weighted by Crippen LogP contribution is 2.23. The van der Waals surface area contributed by atoms with Gasteiger partial charge < -0.3 is 15.7 Å². The first-order chi connectivity index (χ1) is 20.7. The third kappa shape index (κ3) is 9.88. The van der Waals surface area contributed by atoms with Crippen molar-refractivity contribution in [2.45, 2.75) is 82.9 Å². The number of carbonyl (C=O) groups is 1. The monoisotopic (exact) mass is 630 g/mol. The lowest BCUT2D eigenvalue weighted by molar-refractivity contribution is 0.0829. The SMILES string of the molecule is CCCN(CCC)S(=O)(=O)c1cncc(C(=O)N[C@@H](Cc2cc(F)cc(F)c2)[C@H](O)CNCc2cccc(C(C)(C)C)c2)c1. The van der Waals surface area contributed by atoms with Crippen LogP contribution in [0.3, 0.4) is 0 Å². The summed E-state index contributed by atoms with van der Waals surface area (Å²) >= 11 is 0. The van der Waals surface area contributed by atoms with Crippen molar-refractivity contribution in [3.63, 3.8) is 0 Å². The van der Waals surface area contributed by atoms with E-state index in [2.05, 4.69) is 48.5 Å². The molecule has 0 bridgehead atoms.